The Morgan fingerprint density at radius 3 is 2.52 bits per heavy atom. The fourth-order valence-electron chi connectivity index (χ4n) is 3.62. The quantitative estimate of drug-likeness (QED) is 0.395. The zero-order valence-corrected chi connectivity index (χ0v) is 19.2. The molecule has 0 saturated heterocycles. The van der Waals surface area contributed by atoms with Gasteiger partial charge in [-0.25, -0.2) is 9.50 Å². The maximum Gasteiger partial charge on any atom is 0.453 e. The van der Waals surface area contributed by atoms with E-state index in [0.717, 1.165) is 15.6 Å². The number of carbonyl (C=O) groups is 1. The van der Waals surface area contributed by atoms with Crippen molar-refractivity contribution >= 4 is 34.6 Å². The summed E-state index contributed by atoms with van der Waals surface area (Å²) in [6.45, 7) is 3.33. The van der Waals surface area contributed by atoms with Crippen LogP contribution in [-0.4, -0.2) is 25.5 Å². The molecule has 6 nitrogen and oxygen atoms in total. The first-order valence-electron chi connectivity index (χ1n) is 10.0. The molecule has 1 aromatic carbocycles. The minimum atomic E-state index is -4.66. The van der Waals surface area contributed by atoms with Gasteiger partial charge in [0.1, 0.15) is 0 Å². The van der Waals surface area contributed by atoms with E-state index in [-0.39, 0.29) is 24.1 Å². The van der Waals surface area contributed by atoms with E-state index in [0.29, 0.717) is 28.4 Å². The average Bonchev–Trinajstić information content (AvgIpc) is 3.42. The SMILES string of the molecule is Cc1nc2nc(C(F)(F)F)nn2c(C)c1CCC(=O)NC(c1ccc(Cl)cc1)c1ccsc1. The lowest BCUT2D eigenvalue weighted by molar-refractivity contribution is -0.144. The highest BCUT2D eigenvalue weighted by molar-refractivity contribution is 7.08. The number of alkyl halides is 3. The number of nitrogens with one attached hydrogen (secondary N) is 1. The standard InChI is InChI=1S/C22H19ClF3N5OS/c1-12-17(13(2)31-21(27-12)29-20(30-31)22(24,25)26)7-8-18(32)28-19(15-9-10-33-11-15)14-3-5-16(23)6-4-14/h3-6,9-11,19H,7-8H2,1-2H3,(H,28,32). The molecule has 1 N–H and O–H groups in total. The number of aromatic nitrogens is 4. The van der Waals surface area contributed by atoms with Crippen LogP contribution in [0.1, 0.15) is 46.4 Å². The predicted octanol–water partition coefficient (Wildman–Crippen LogP) is 5.31. The number of benzene rings is 1. The predicted molar refractivity (Wildman–Crippen MR) is 119 cm³/mol. The molecule has 0 aliphatic carbocycles. The van der Waals surface area contributed by atoms with Crippen molar-refractivity contribution < 1.29 is 18.0 Å². The molecule has 33 heavy (non-hydrogen) atoms. The lowest BCUT2D eigenvalue weighted by atomic mass is 10.0. The summed E-state index contributed by atoms with van der Waals surface area (Å²) in [7, 11) is 0. The highest BCUT2D eigenvalue weighted by Crippen LogP contribution is 2.28. The maximum absolute atomic E-state index is 13.0. The Morgan fingerprint density at radius 1 is 1.15 bits per heavy atom. The van der Waals surface area contributed by atoms with Gasteiger partial charge >= 0.3 is 6.18 Å². The molecule has 1 unspecified atom stereocenters. The van der Waals surface area contributed by atoms with Crippen LogP contribution in [0.15, 0.2) is 41.1 Å². The van der Waals surface area contributed by atoms with Gasteiger partial charge < -0.3 is 5.32 Å². The van der Waals surface area contributed by atoms with E-state index in [2.05, 4.69) is 20.4 Å². The number of halogens is 4. The summed E-state index contributed by atoms with van der Waals surface area (Å²) < 4.78 is 40.0. The third kappa shape index (κ3) is 5.01. The molecule has 0 aliphatic heterocycles. The van der Waals surface area contributed by atoms with Gasteiger partial charge in [0.25, 0.3) is 11.6 Å². The van der Waals surface area contributed by atoms with Crippen molar-refractivity contribution in [3.05, 3.63) is 80.0 Å². The average molecular weight is 494 g/mol. The topological polar surface area (TPSA) is 72.2 Å². The molecule has 0 bridgehead atoms. The van der Waals surface area contributed by atoms with Gasteiger partial charge in [-0.2, -0.15) is 29.5 Å². The minimum Gasteiger partial charge on any atom is -0.345 e. The van der Waals surface area contributed by atoms with Crippen molar-refractivity contribution in [1.82, 2.24) is 24.9 Å². The van der Waals surface area contributed by atoms with Crippen LogP contribution >= 0.6 is 22.9 Å². The van der Waals surface area contributed by atoms with Gasteiger partial charge in [0.05, 0.1) is 6.04 Å². The van der Waals surface area contributed by atoms with Crippen molar-refractivity contribution in [3.8, 4) is 0 Å². The monoisotopic (exact) mass is 493 g/mol. The van der Waals surface area contributed by atoms with Crippen molar-refractivity contribution in [1.29, 1.82) is 0 Å². The second kappa shape index (κ2) is 9.11. The third-order valence-electron chi connectivity index (χ3n) is 5.29. The van der Waals surface area contributed by atoms with Gasteiger partial charge in [0.15, 0.2) is 0 Å². The van der Waals surface area contributed by atoms with Crippen LogP contribution in [0, 0.1) is 13.8 Å². The second-order valence-corrected chi connectivity index (χ2v) is 8.73. The lowest BCUT2D eigenvalue weighted by Crippen LogP contribution is -2.29. The van der Waals surface area contributed by atoms with Crippen molar-refractivity contribution in [2.75, 3.05) is 0 Å². The van der Waals surface area contributed by atoms with Gasteiger partial charge in [-0.05, 0) is 65.9 Å². The van der Waals surface area contributed by atoms with E-state index in [1.807, 2.05) is 29.0 Å². The molecule has 0 radical (unpaired) electrons. The zero-order valence-electron chi connectivity index (χ0n) is 17.7. The Balaban J connectivity index is 1.53. The number of carbonyl (C=O) groups excluding carboxylic acids is 1. The summed E-state index contributed by atoms with van der Waals surface area (Å²) in [6.07, 6.45) is -4.24. The number of fused-ring (bicyclic) bond motifs is 1. The van der Waals surface area contributed by atoms with Crippen LogP contribution in [0.4, 0.5) is 13.2 Å². The van der Waals surface area contributed by atoms with Crippen LogP contribution in [0.25, 0.3) is 5.78 Å². The molecule has 4 rings (SSSR count). The molecule has 3 heterocycles. The van der Waals surface area contributed by atoms with Crippen molar-refractivity contribution in [3.63, 3.8) is 0 Å². The Bertz CT molecular complexity index is 1290. The molecule has 0 saturated carbocycles. The molecule has 4 aromatic rings. The van der Waals surface area contributed by atoms with Crippen LogP contribution in [0.3, 0.4) is 0 Å². The van der Waals surface area contributed by atoms with Crippen LogP contribution in [-0.2, 0) is 17.4 Å². The van der Waals surface area contributed by atoms with Gasteiger partial charge in [-0.1, -0.05) is 23.7 Å². The van der Waals surface area contributed by atoms with Gasteiger partial charge in [-0.15, -0.1) is 5.10 Å². The van der Waals surface area contributed by atoms with Crippen LogP contribution in [0.5, 0.6) is 0 Å². The molecular formula is C22H19ClF3N5OS. The fraction of sp³-hybridized carbons (Fsp3) is 0.273. The Kier molecular flexibility index (Phi) is 6.40. The Hall–Kier alpha value is -2.98. The number of rotatable bonds is 6. The number of thiophene rings is 1. The number of hydrogen-bond acceptors (Lipinski definition) is 5. The summed E-state index contributed by atoms with van der Waals surface area (Å²) in [5, 5.41) is 11.1. The third-order valence-corrected chi connectivity index (χ3v) is 6.24. The van der Waals surface area contributed by atoms with E-state index >= 15 is 0 Å². The molecule has 0 aliphatic rings. The molecule has 3 aromatic heterocycles. The Morgan fingerprint density at radius 2 is 1.88 bits per heavy atom. The maximum atomic E-state index is 13.0. The zero-order chi connectivity index (χ0) is 23.8. The molecule has 1 atom stereocenters. The largest absolute Gasteiger partial charge is 0.453 e. The van der Waals surface area contributed by atoms with E-state index in [1.54, 1.807) is 26.0 Å². The molecule has 0 fully saturated rings. The molecule has 1 amide bonds. The van der Waals surface area contributed by atoms with E-state index < -0.39 is 12.0 Å². The molecule has 0 spiro atoms. The first-order valence-corrected chi connectivity index (χ1v) is 11.3. The number of hydrogen-bond donors (Lipinski definition) is 1. The number of nitrogens with zero attached hydrogens (tertiary/aromatic N) is 4. The fourth-order valence-corrected chi connectivity index (χ4v) is 4.43. The summed E-state index contributed by atoms with van der Waals surface area (Å²) in [4.78, 5) is 20.5. The lowest BCUT2D eigenvalue weighted by Gasteiger charge is -2.19. The second-order valence-electron chi connectivity index (χ2n) is 7.51. The van der Waals surface area contributed by atoms with E-state index in [9.17, 15) is 18.0 Å². The molecular weight excluding hydrogens is 475 g/mol. The van der Waals surface area contributed by atoms with Gasteiger partial charge in [0.2, 0.25) is 5.91 Å². The minimum absolute atomic E-state index is 0.120. The molecule has 172 valence electrons. The van der Waals surface area contributed by atoms with E-state index in [4.69, 9.17) is 11.6 Å². The van der Waals surface area contributed by atoms with Crippen molar-refractivity contribution in [2.45, 2.75) is 38.9 Å². The van der Waals surface area contributed by atoms with E-state index in [1.165, 1.54) is 11.3 Å². The Labute approximate surface area is 196 Å². The first kappa shape index (κ1) is 23.2. The summed E-state index contributed by atoms with van der Waals surface area (Å²) in [6, 6.07) is 8.86. The van der Waals surface area contributed by atoms with Crippen molar-refractivity contribution in [2.24, 2.45) is 0 Å². The summed E-state index contributed by atoms with van der Waals surface area (Å²) in [5.41, 5.74) is 3.49. The van der Waals surface area contributed by atoms with Gasteiger partial charge in [-0.3, -0.25) is 4.79 Å². The number of aryl methyl sites for hydroxylation is 2. The normalized spacial score (nSPS) is 12.8. The highest BCUT2D eigenvalue weighted by Gasteiger charge is 2.37. The van der Waals surface area contributed by atoms with Crippen LogP contribution in [0.2, 0.25) is 5.02 Å². The summed E-state index contributed by atoms with van der Waals surface area (Å²) >= 11 is 7.53. The molecule has 11 heteroatoms. The highest BCUT2D eigenvalue weighted by atomic mass is 35.5. The smallest absolute Gasteiger partial charge is 0.345 e. The van der Waals surface area contributed by atoms with Gasteiger partial charge in [0, 0.05) is 22.8 Å². The number of amides is 1. The van der Waals surface area contributed by atoms with Crippen LogP contribution < -0.4 is 5.32 Å². The summed E-state index contributed by atoms with van der Waals surface area (Å²) in [5.74, 6) is -1.56. The first-order chi connectivity index (χ1) is 15.6.